The zero-order valence-electron chi connectivity index (χ0n) is 15.3. The van der Waals surface area contributed by atoms with Crippen LogP contribution >= 0.6 is 11.6 Å². The van der Waals surface area contributed by atoms with Gasteiger partial charge in [-0.05, 0) is 43.3 Å². The molecule has 0 aliphatic heterocycles. The highest BCUT2D eigenvalue weighted by molar-refractivity contribution is 7.91. The molecule has 0 unspecified atom stereocenters. The quantitative estimate of drug-likeness (QED) is 0.638. The second-order valence-corrected chi connectivity index (χ2v) is 8.47. The van der Waals surface area contributed by atoms with Gasteiger partial charge in [0.1, 0.15) is 0 Å². The second kappa shape index (κ2) is 8.33. The van der Waals surface area contributed by atoms with Gasteiger partial charge in [0.2, 0.25) is 15.3 Å². The molecule has 0 bridgehead atoms. The lowest BCUT2D eigenvalue weighted by Gasteiger charge is -2.12. The molecule has 7 nitrogen and oxygen atoms in total. The lowest BCUT2D eigenvalue weighted by molar-refractivity contribution is 0.101. The number of sulfone groups is 1. The number of amides is 1. The smallest absolute Gasteiger partial charge is 0.320 e. The van der Waals surface area contributed by atoms with Crippen LogP contribution in [0, 0.1) is 6.92 Å². The van der Waals surface area contributed by atoms with E-state index in [9.17, 15) is 26.8 Å². The standard InChI is InChI=1S/C19H14ClF2N3O4S/c1-11-10-16(26)17(24-25(11)15-5-3-2-4-14(15)20)18(27)23-12-6-8-13(9-7-12)30(28,29)19(21)22/h2-10,19H,1H3,(H,23,27). The summed E-state index contributed by atoms with van der Waals surface area (Å²) in [6.07, 6.45) is 0. The number of hydrogen-bond acceptors (Lipinski definition) is 5. The maximum absolute atomic E-state index is 12.6. The number of aryl methyl sites for hydroxylation is 1. The van der Waals surface area contributed by atoms with Crippen LogP contribution in [-0.4, -0.2) is 29.9 Å². The van der Waals surface area contributed by atoms with Gasteiger partial charge in [0.05, 0.1) is 15.6 Å². The molecule has 1 aromatic heterocycles. The number of para-hydroxylation sites is 1. The van der Waals surface area contributed by atoms with E-state index < -0.39 is 37.5 Å². The van der Waals surface area contributed by atoms with Gasteiger partial charge in [0.15, 0.2) is 5.69 Å². The number of alkyl halides is 2. The number of carbonyl (C=O) groups excluding carboxylic acids is 1. The third-order valence-corrected chi connectivity index (χ3v) is 5.80. The molecule has 0 radical (unpaired) electrons. The lowest BCUT2D eigenvalue weighted by atomic mass is 10.2. The predicted molar refractivity (Wildman–Crippen MR) is 107 cm³/mol. The van der Waals surface area contributed by atoms with Crippen molar-refractivity contribution >= 4 is 33.0 Å². The second-order valence-electron chi connectivity index (χ2n) is 6.15. The summed E-state index contributed by atoms with van der Waals surface area (Å²) in [5.41, 5.74) is -0.0484. The van der Waals surface area contributed by atoms with Crippen LogP contribution in [-0.2, 0) is 9.84 Å². The van der Waals surface area contributed by atoms with E-state index in [0.717, 1.165) is 24.3 Å². The molecule has 2 aromatic carbocycles. The molecular formula is C19H14ClF2N3O4S. The van der Waals surface area contributed by atoms with Crippen molar-refractivity contribution in [3.8, 4) is 5.69 Å². The van der Waals surface area contributed by atoms with Crippen molar-refractivity contribution in [3.05, 3.63) is 81.2 Å². The van der Waals surface area contributed by atoms with E-state index in [0.29, 0.717) is 16.4 Å². The molecule has 0 saturated heterocycles. The minimum Gasteiger partial charge on any atom is -0.320 e. The van der Waals surface area contributed by atoms with Crippen LogP contribution in [0.1, 0.15) is 16.2 Å². The first-order valence-electron chi connectivity index (χ1n) is 8.40. The van der Waals surface area contributed by atoms with Gasteiger partial charge in [0.25, 0.3) is 5.91 Å². The van der Waals surface area contributed by atoms with Crippen LogP contribution < -0.4 is 10.7 Å². The van der Waals surface area contributed by atoms with Crippen molar-refractivity contribution in [3.63, 3.8) is 0 Å². The van der Waals surface area contributed by atoms with Crippen molar-refractivity contribution in [2.24, 2.45) is 0 Å². The third-order valence-electron chi connectivity index (χ3n) is 4.08. The summed E-state index contributed by atoms with van der Waals surface area (Å²) >= 11 is 6.16. The van der Waals surface area contributed by atoms with Crippen LogP contribution in [0.25, 0.3) is 5.69 Å². The lowest BCUT2D eigenvalue weighted by Crippen LogP contribution is -2.27. The molecule has 0 spiro atoms. The molecule has 1 N–H and O–H groups in total. The molecule has 0 aliphatic carbocycles. The normalized spacial score (nSPS) is 11.5. The number of nitrogens with zero attached hydrogens (tertiary/aromatic N) is 2. The minimum absolute atomic E-state index is 0.0966. The maximum atomic E-state index is 12.6. The van der Waals surface area contributed by atoms with E-state index in [2.05, 4.69) is 10.4 Å². The SMILES string of the molecule is Cc1cc(=O)c(C(=O)Nc2ccc(S(=O)(=O)C(F)F)cc2)nn1-c1ccccc1Cl. The molecule has 30 heavy (non-hydrogen) atoms. The summed E-state index contributed by atoms with van der Waals surface area (Å²) in [6, 6.07) is 12.1. The van der Waals surface area contributed by atoms with Crippen molar-refractivity contribution < 1.29 is 22.0 Å². The summed E-state index contributed by atoms with van der Waals surface area (Å²) in [5.74, 6) is -4.41. The van der Waals surface area contributed by atoms with Gasteiger partial charge in [-0.25, -0.2) is 13.1 Å². The first kappa shape index (κ1) is 21.6. The van der Waals surface area contributed by atoms with E-state index in [-0.39, 0.29) is 5.69 Å². The highest BCUT2D eigenvalue weighted by atomic mass is 35.5. The largest absolute Gasteiger partial charge is 0.341 e. The zero-order chi connectivity index (χ0) is 22.1. The molecule has 3 aromatic rings. The van der Waals surface area contributed by atoms with Gasteiger partial charge >= 0.3 is 5.76 Å². The van der Waals surface area contributed by atoms with Crippen LogP contribution in [0.3, 0.4) is 0 Å². The molecule has 0 fully saturated rings. The summed E-state index contributed by atoms with van der Waals surface area (Å²) < 4.78 is 49.5. The Morgan fingerprint density at radius 2 is 1.77 bits per heavy atom. The van der Waals surface area contributed by atoms with Crippen molar-refractivity contribution in [2.75, 3.05) is 5.32 Å². The number of anilines is 1. The molecule has 1 amide bonds. The highest BCUT2D eigenvalue weighted by Gasteiger charge is 2.26. The van der Waals surface area contributed by atoms with Gasteiger partial charge in [-0.15, -0.1) is 0 Å². The number of nitrogens with one attached hydrogen (secondary N) is 1. The van der Waals surface area contributed by atoms with Crippen LogP contribution in [0.5, 0.6) is 0 Å². The number of hydrogen-bond donors (Lipinski definition) is 1. The van der Waals surface area contributed by atoms with E-state index >= 15 is 0 Å². The topological polar surface area (TPSA) is 98.1 Å². The molecule has 1 heterocycles. The van der Waals surface area contributed by atoms with Crippen LogP contribution in [0.2, 0.25) is 5.02 Å². The monoisotopic (exact) mass is 453 g/mol. The number of benzene rings is 2. The minimum atomic E-state index is -4.75. The molecule has 11 heteroatoms. The van der Waals surface area contributed by atoms with E-state index in [1.807, 2.05) is 0 Å². The molecule has 0 aliphatic rings. The third kappa shape index (κ3) is 4.24. The molecule has 0 saturated carbocycles. The summed E-state index contributed by atoms with van der Waals surface area (Å²) in [7, 11) is -4.75. The predicted octanol–water partition coefficient (Wildman–Crippen LogP) is 3.44. The Balaban J connectivity index is 1.92. The Morgan fingerprint density at radius 3 is 2.37 bits per heavy atom. The van der Waals surface area contributed by atoms with Gasteiger partial charge in [-0.3, -0.25) is 9.59 Å². The van der Waals surface area contributed by atoms with E-state index in [4.69, 9.17) is 11.6 Å². The number of aromatic nitrogens is 2. The Bertz CT molecular complexity index is 1280. The van der Waals surface area contributed by atoms with Crippen molar-refractivity contribution in [1.29, 1.82) is 0 Å². The van der Waals surface area contributed by atoms with E-state index in [1.165, 1.54) is 10.7 Å². The van der Waals surface area contributed by atoms with Crippen molar-refractivity contribution in [2.45, 2.75) is 17.6 Å². The van der Waals surface area contributed by atoms with Gasteiger partial charge in [-0.2, -0.15) is 13.9 Å². The fourth-order valence-corrected chi connectivity index (χ4v) is 3.53. The first-order chi connectivity index (χ1) is 14.1. The maximum Gasteiger partial charge on any atom is 0.341 e. The Labute approximate surface area is 174 Å². The Morgan fingerprint density at radius 1 is 1.13 bits per heavy atom. The van der Waals surface area contributed by atoms with Gasteiger partial charge < -0.3 is 5.32 Å². The summed E-state index contributed by atoms with van der Waals surface area (Å²) in [4.78, 5) is 24.2. The fraction of sp³-hybridized carbons (Fsp3) is 0.105. The zero-order valence-corrected chi connectivity index (χ0v) is 16.9. The number of halogens is 3. The average molecular weight is 454 g/mol. The van der Waals surface area contributed by atoms with E-state index in [1.54, 1.807) is 31.2 Å². The van der Waals surface area contributed by atoms with Gasteiger partial charge in [-0.1, -0.05) is 23.7 Å². The molecule has 156 valence electrons. The summed E-state index contributed by atoms with van der Waals surface area (Å²) in [6.45, 7) is 1.63. The van der Waals surface area contributed by atoms with Crippen molar-refractivity contribution in [1.82, 2.24) is 9.78 Å². The molecule has 3 rings (SSSR count). The fourth-order valence-electron chi connectivity index (χ4n) is 2.59. The van der Waals surface area contributed by atoms with Gasteiger partial charge in [0, 0.05) is 17.4 Å². The molecular weight excluding hydrogens is 440 g/mol. The van der Waals surface area contributed by atoms with Crippen LogP contribution in [0.4, 0.5) is 14.5 Å². The first-order valence-corrected chi connectivity index (χ1v) is 10.3. The number of rotatable bonds is 5. The van der Waals surface area contributed by atoms with Crippen LogP contribution in [0.15, 0.2) is 64.3 Å². The Hall–Kier alpha value is -3.11. The summed E-state index contributed by atoms with van der Waals surface area (Å²) in [5, 5.41) is 6.84. The Kier molecular flexibility index (Phi) is 5.99. The molecule has 0 atom stereocenters. The highest BCUT2D eigenvalue weighted by Crippen LogP contribution is 2.21. The average Bonchev–Trinajstić information content (AvgIpc) is 2.69. The number of carbonyl (C=O) groups is 1.